The minimum Gasteiger partial charge on any atom is -0.349 e. The quantitative estimate of drug-likeness (QED) is 0.617. The van der Waals surface area contributed by atoms with Crippen LogP contribution in [-0.2, 0) is 0 Å². The van der Waals surface area contributed by atoms with Crippen LogP contribution in [0.15, 0.2) is 18.5 Å². The summed E-state index contributed by atoms with van der Waals surface area (Å²) in [5, 5.41) is 13.0. The summed E-state index contributed by atoms with van der Waals surface area (Å²) in [5.41, 5.74) is 2.67. The van der Waals surface area contributed by atoms with Gasteiger partial charge in [0.05, 0.1) is 30.5 Å². The van der Waals surface area contributed by atoms with Gasteiger partial charge in [-0.3, -0.25) is 4.79 Å². The number of rotatable bonds is 5. The van der Waals surface area contributed by atoms with Gasteiger partial charge in [-0.2, -0.15) is 5.26 Å². The smallest absolute Gasteiger partial charge is 0.259 e. The molecule has 0 saturated heterocycles. The zero-order chi connectivity index (χ0) is 19.1. The molecule has 0 unspecified atom stereocenters. The Hall–Kier alpha value is -2.59. The second kappa shape index (κ2) is 7.10. The van der Waals surface area contributed by atoms with E-state index in [4.69, 9.17) is 5.26 Å². The third kappa shape index (κ3) is 3.02. The van der Waals surface area contributed by atoms with E-state index in [0.29, 0.717) is 31.2 Å². The summed E-state index contributed by atoms with van der Waals surface area (Å²) >= 11 is 0. The van der Waals surface area contributed by atoms with Gasteiger partial charge in [-0.15, -0.1) is 0 Å². The standard InChI is InChI=1S/C21H26N6O/c22-8-10-23-11-14-1-3-15(4-2-14)26-13-27(16-5-6-16)21(28)18-12-25-20-17(19(18)26)7-9-24-20/h7,9,12,14-16,23H,1-6,10-11,13H2,(H,24,25)/t14-,15-. The van der Waals surface area contributed by atoms with Crippen LogP contribution in [0, 0.1) is 17.2 Å². The molecule has 3 heterocycles. The molecule has 1 amide bonds. The maximum absolute atomic E-state index is 13.1. The Labute approximate surface area is 164 Å². The predicted molar refractivity (Wildman–Crippen MR) is 107 cm³/mol. The predicted octanol–water partition coefficient (Wildman–Crippen LogP) is 2.62. The number of aromatic amines is 1. The third-order valence-corrected chi connectivity index (χ3v) is 6.52. The van der Waals surface area contributed by atoms with E-state index in [1.807, 2.05) is 12.3 Å². The summed E-state index contributed by atoms with van der Waals surface area (Å²) in [6, 6.07) is 5.05. The normalized spacial score (nSPS) is 25.0. The topological polar surface area (TPSA) is 88.1 Å². The maximum atomic E-state index is 13.1. The lowest BCUT2D eigenvalue weighted by Gasteiger charge is -2.45. The van der Waals surface area contributed by atoms with Crippen LogP contribution in [0.4, 0.5) is 5.69 Å². The SMILES string of the molecule is N#CCNC[C@H]1CC[C@H](N2CN(C3CC3)C(=O)c3cnc4[nH]ccc4c32)CC1. The highest BCUT2D eigenvalue weighted by atomic mass is 16.2. The first kappa shape index (κ1) is 17.5. The van der Waals surface area contributed by atoms with Crippen molar-refractivity contribution >= 4 is 22.6 Å². The molecule has 0 bridgehead atoms. The molecule has 5 rings (SSSR count). The average Bonchev–Trinajstić information content (AvgIpc) is 3.45. The fraction of sp³-hybridized carbons (Fsp3) is 0.571. The number of nitriles is 1. The van der Waals surface area contributed by atoms with Gasteiger partial charge in [0.2, 0.25) is 0 Å². The van der Waals surface area contributed by atoms with Crippen molar-refractivity contribution in [2.45, 2.75) is 50.6 Å². The number of nitrogens with zero attached hydrogens (tertiary/aromatic N) is 4. The van der Waals surface area contributed by atoms with Crippen LogP contribution >= 0.6 is 0 Å². The van der Waals surface area contributed by atoms with Crippen molar-refractivity contribution in [3.8, 4) is 6.07 Å². The number of nitrogens with one attached hydrogen (secondary N) is 2. The number of H-pyrrole nitrogens is 1. The minimum absolute atomic E-state index is 0.138. The van der Waals surface area contributed by atoms with E-state index in [0.717, 1.165) is 67.4 Å². The third-order valence-electron chi connectivity index (χ3n) is 6.52. The molecule has 2 aliphatic carbocycles. The lowest BCUT2D eigenvalue weighted by Crippen LogP contribution is -2.52. The van der Waals surface area contributed by atoms with Crippen molar-refractivity contribution in [2.75, 3.05) is 24.7 Å². The summed E-state index contributed by atoms with van der Waals surface area (Å²) in [5.74, 6) is 0.776. The van der Waals surface area contributed by atoms with Crippen LogP contribution in [0.1, 0.15) is 48.9 Å². The molecule has 3 aliphatic rings. The Morgan fingerprint density at radius 2 is 1.93 bits per heavy atom. The van der Waals surface area contributed by atoms with Crippen molar-refractivity contribution in [3.63, 3.8) is 0 Å². The van der Waals surface area contributed by atoms with Crippen molar-refractivity contribution < 1.29 is 4.79 Å². The van der Waals surface area contributed by atoms with E-state index in [1.54, 1.807) is 6.20 Å². The van der Waals surface area contributed by atoms with E-state index in [-0.39, 0.29) is 5.91 Å². The summed E-state index contributed by atoms with van der Waals surface area (Å²) in [7, 11) is 0. The Morgan fingerprint density at radius 1 is 1.18 bits per heavy atom. The molecule has 2 saturated carbocycles. The average molecular weight is 378 g/mol. The number of hydrogen-bond donors (Lipinski definition) is 2. The van der Waals surface area contributed by atoms with E-state index < -0.39 is 0 Å². The second-order valence-corrected chi connectivity index (χ2v) is 8.34. The number of fused-ring (bicyclic) bond motifs is 3. The van der Waals surface area contributed by atoms with Gasteiger partial charge in [0.15, 0.2) is 0 Å². The van der Waals surface area contributed by atoms with Crippen LogP contribution < -0.4 is 10.2 Å². The van der Waals surface area contributed by atoms with Gasteiger partial charge in [-0.05, 0) is 57.1 Å². The Kier molecular flexibility index (Phi) is 4.44. The van der Waals surface area contributed by atoms with E-state index in [2.05, 4.69) is 31.2 Å². The van der Waals surface area contributed by atoms with E-state index >= 15 is 0 Å². The molecule has 1 aliphatic heterocycles. The van der Waals surface area contributed by atoms with Crippen LogP contribution in [0.3, 0.4) is 0 Å². The highest BCUT2D eigenvalue weighted by molar-refractivity contribution is 6.08. The van der Waals surface area contributed by atoms with Crippen molar-refractivity contribution in [2.24, 2.45) is 5.92 Å². The highest BCUT2D eigenvalue weighted by Crippen LogP contribution is 2.41. The summed E-state index contributed by atoms with van der Waals surface area (Å²) in [6.07, 6.45) is 10.5. The van der Waals surface area contributed by atoms with Crippen LogP contribution in [0.25, 0.3) is 11.0 Å². The molecule has 7 nitrogen and oxygen atoms in total. The first-order valence-electron chi connectivity index (χ1n) is 10.4. The Bertz CT molecular complexity index is 919. The number of anilines is 1. The Morgan fingerprint density at radius 3 is 2.68 bits per heavy atom. The molecule has 7 heteroatoms. The minimum atomic E-state index is 0.138. The summed E-state index contributed by atoms with van der Waals surface area (Å²) < 4.78 is 0. The number of hydrogen-bond acceptors (Lipinski definition) is 5. The molecular weight excluding hydrogens is 352 g/mol. The molecule has 0 aromatic carbocycles. The van der Waals surface area contributed by atoms with Crippen molar-refractivity contribution in [1.29, 1.82) is 5.26 Å². The lowest BCUT2D eigenvalue weighted by atomic mass is 9.84. The van der Waals surface area contributed by atoms with Gasteiger partial charge >= 0.3 is 0 Å². The lowest BCUT2D eigenvalue weighted by molar-refractivity contribution is 0.0718. The van der Waals surface area contributed by atoms with Crippen LogP contribution in [-0.4, -0.2) is 52.6 Å². The van der Waals surface area contributed by atoms with Crippen molar-refractivity contribution in [1.82, 2.24) is 20.2 Å². The summed E-state index contributed by atoms with van der Waals surface area (Å²) in [6.45, 7) is 2.05. The molecule has 0 atom stereocenters. The zero-order valence-electron chi connectivity index (χ0n) is 16.0. The van der Waals surface area contributed by atoms with E-state index in [9.17, 15) is 4.79 Å². The first-order valence-corrected chi connectivity index (χ1v) is 10.4. The molecule has 0 radical (unpaired) electrons. The molecule has 2 fully saturated rings. The molecule has 2 N–H and O–H groups in total. The highest BCUT2D eigenvalue weighted by Gasteiger charge is 2.41. The summed E-state index contributed by atoms with van der Waals surface area (Å²) in [4.78, 5) is 25.3. The molecule has 146 valence electrons. The maximum Gasteiger partial charge on any atom is 0.259 e. The number of carbonyl (C=O) groups is 1. The zero-order valence-corrected chi connectivity index (χ0v) is 16.0. The van der Waals surface area contributed by atoms with Gasteiger partial charge in [-0.25, -0.2) is 4.98 Å². The van der Waals surface area contributed by atoms with Crippen LogP contribution in [0.5, 0.6) is 0 Å². The van der Waals surface area contributed by atoms with Gasteiger partial charge in [-0.1, -0.05) is 0 Å². The fourth-order valence-electron chi connectivity index (χ4n) is 4.87. The van der Waals surface area contributed by atoms with Crippen molar-refractivity contribution in [3.05, 3.63) is 24.0 Å². The largest absolute Gasteiger partial charge is 0.349 e. The molecule has 0 spiro atoms. The van der Waals surface area contributed by atoms with Gasteiger partial charge < -0.3 is 20.1 Å². The fourth-order valence-corrected chi connectivity index (χ4v) is 4.87. The Balaban J connectivity index is 1.41. The van der Waals surface area contributed by atoms with Crippen LogP contribution in [0.2, 0.25) is 0 Å². The molecule has 2 aromatic rings. The number of amides is 1. The first-order chi connectivity index (χ1) is 13.8. The van der Waals surface area contributed by atoms with E-state index in [1.165, 1.54) is 0 Å². The molecule has 28 heavy (non-hydrogen) atoms. The number of aromatic nitrogens is 2. The van der Waals surface area contributed by atoms with Gasteiger partial charge in [0.25, 0.3) is 5.91 Å². The monoisotopic (exact) mass is 378 g/mol. The number of carbonyl (C=O) groups excluding carboxylic acids is 1. The molecule has 2 aromatic heterocycles. The van der Waals surface area contributed by atoms with Gasteiger partial charge in [0.1, 0.15) is 5.65 Å². The van der Waals surface area contributed by atoms with Gasteiger partial charge in [0, 0.05) is 29.9 Å². The number of pyridine rings is 1. The second-order valence-electron chi connectivity index (χ2n) is 8.34. The molecular formula is C21H26N6O.